The Labute approximate surface area is 847 Å². The summed E-state index contributed by atoms with van der Waals surface area (Å²) in [5.41, 5.74) is 0. The summed E-state index contributed by atoms with van der Waals surface area (Å²) in [7, 11) is 0. The minimum atomic E-state index is -3.13. The van der Waals surface area contributed by atoms with Crippen molar-refractivity contribution in [3.05, 3.63) is 0 Å². The highest BCUT2D eigenvalue weighted by molar-refractivity contribution is 5.76. The molecule has 0 aromatic heterocycles. The van der Waals surface area contributed by atoms with Gasteiger partial charge in [0.1, 0.15) is 287 Å². The number of aliphatic carboxylic acids is 1. The van der Waals surface area contributed by atoms with Crippen LogP contribution in [-0.2, 0) is 133 Å². The van der Waals surface area contributed by atoms with E-state index in [1.165, 1.54) is 6.92 Å². The monoisotopic (exact) mass is 2200 g/mol. The maximum absolute atomic E-state index is 13.4. The molecule has 12 rings (SSSR count). The number of hydrogen-bond acceptors (Lipinski definition) is 62. The van der Waals surface area contributed by atoms with Gasteiger partial charge in [-0.2, -0.15) is 0 Å². The minimum absolute atomic E-state index is 0.838. The fourth-order valence-electron chi connectivity index (χ4n) is 19.3. The Bertz CT molecular complexity index is 4230. The lowest BCUT2D eigenvalue weighted by Crippen LogP contribution is -2.71. The number of carbonyl (C=O) groups excluding carboxylic acids is 4. The van der Waals surface area contributed by atoms with Gasteiger partial charge in [0.25, 0.3) is 5.79 Å². The van der Waals surface area contributed by atoms with Gasteiger partial charge in [0.2, 0.25) is 23.6 Å². The lowest BCUT2D eigenvalue weighted by atomic mass is 9.90. The van der Waals surface area contributed by atoms with Crippen molar-refractivity contribution in [1.82, 2.24) is 21.3 Å². The van der Waals surface area contributed by atoms with Crippen LogP contribution in [0.4, 0.5) is 0 Å². The molecule has 12 saturated heterocycles. The summed E-state index contributed by atoms with van der Waals surface area (Å²) >= 11 is 0. The fourth-order valence-corrected chi connectivity index (χ4v) is 19.3. The van der Waals surface area contributed by atoms with Crippen molar-refractivity contribution in [3.63, 3.8) is 0 Å². The molecule has 0 bridgehead atoms. The topological polar surface area (TPSA) is 1050 Å². The Morgan fingerprint density at radius 2 is 0.587 bits per heavy atom. The molecule has 0 unspecified atom stereocenters. The fraction of sp³-hybridized carbons (Fsp3) is 0.940. The molecule has 0 aromatic carbocycles. The summed E-state index contributed by atoms with van der Waals surface area (Å²) in [6.07, 6.45) is -124. The normalized spacial score (nSPS) is 49.3. The molecule has 868 valence electrons. The molecule has 12 aliphatic heterocycles. The molecule has 12 fully saturated rings. The zero-order chi connectivity index (χ0) is 111. The molecule has 0 spiro atoms. The molecule has 39 N–H and O–H groups in total. The van der Waals surface area contributed by atoms with E-state index in [9.17, 15) is 203 Å². The van der Waals surface area contributed by atoms with Gasteiger partial charge in [0.05, 0.1) is 84.9 Å². The second-order valence-electron chi connectivity index (χ2n) is 38.1. The SMILES string of the molecule is CC(=O)N[C@@H]1[C@@H](O)[C@H](O[C@@H]2O[C@H](CO)[C@@H](O[C@@H]3O[C@H](CO[C@H]4O[C@H](CO)[C@@H](O)[C@H](O)[C@@H]4O[C@@H]4O[C@H](CO)[C@@H](O[C@@H]5O[C@H](CO)[C@H](O)[C@H](O[C@H]6O[C@H](CO)[C@H](O)[C@H](O)[C@H]6O)[C@H]5O)[C@H](O)[C@H]4NC(C)=O)[C@@H](O)[C@H](O[C@H]4O[C@H](CO)[C@@H](O)[C@H](O)[C@@H]4O[C@@H]4O[C@H](CO)[C@@H](O[C@@H]5O[C@H](CO[C@]6(C(=O)O)C[C@H](O)[C@@H](O)[C@H]([C@H](O)[C@H](O)CO)O6)[C@H](O)[C@H](O)[C@H]5O)[C@H](O)[C@H]4NC(C)=O)[C@@H]3O)[C@H](O)[C@H]2NC(C)=O)[C@@H](CO[C@@H]2O[C@@H](C)[C@@H](O)[C@@H](O)[C@@H]2O)O[C@H]1O. The number of hydrogen-bond donors (Lipinski definition) is 39. The Kier molecular flexibility index (Phi) is 44.0. The van der Waals surface area contributed by atoms with Crippen LogP contribution in [0, 0.1) is 0 Å². The van der Waals surface area contributed by atoms with E-state index < -0.39 is 483 Å². The van der Waals surface area contributed by atoms with E-state index in [2.05, 4.69) is 21.3 Å². The molecule has 0 saturated carbocycles. The Hall–Kier alpha value is -4.93. The lowest BCUT2D eigenvalue weighted by Gasteiger charge is -2.51. The summed E-state index contributed by atoms with van der Waals surface area (Å²) in [5, 5.41) is 401. The largest absolute Gasteiger partial charge is 0.477 e. The quantitative estimate of drug-likeness (QED) is 0.0271. The molecular weight excluding hydrogens is 2060 g/mol. The first-order valence-electron chi connectivity index (χ1n) is 47.7. The third-order valence-electron chi connectivity index (χ3n) is 27.6. The number of ether oxygens (including phenoxy) is 23. The predicted molar refractivity (Wildman–Crippen MR) is 457 cm³/mol. The smallest absolute Gasteiger partial charge is 0.364 e. The number of carboxylic acids is 1. The molecule has 67 heteroatoms. The number of carboxylic acid groups (broad SMARTS) is 1. The van der Waals surface area contributed by atoms with Gasteiger partial charge in [-0.3, -0.25) is 19.2 Å². The molecule has 0 aromatic rings. The Morgan fingerprint density at radius 3 is 1.01 bits per heavy atom. The molecule has 0 aliphatic carbocycles. The van der Waals surface area contributed by atoms with E-state index in [0.29, 0.717) is 0 Å². The second kappa shape index (κ2) is 53.4. The van der Waals surface area contributed by atoms with Crippen LogP contribution in [0.15, 0.2) is 0 Å². The van der Waals surface area contributed by atoms with Gasteiger partial charge in [0.15, 0.2) is 69.2 Å². The Balaban J connectivity index is 0.852. The number of rotatable bonds is 40. The van der Waals surface area contributed by atoms with Crippen molar-refractivity contribution < 1.29 is 312 Å². The molecule has 150 heavy (non-hydrogen) atoms. The zero-order valence-electron chi connectivity index (χ0n) is 80.2. The van der Waals surface area contributed by atoms with Gasteiger partial charge >= 0.3 is 5.97 Å². The predicted octanol–water partition coefficient (Wildman–Crippen LogP) is -26.3. The van der Waals surface area contributed by atoms with Crippen molar-refractivity contribution in [3.8, 4) is 0 Å². The highest BCUT2D eigenvalue weighted by Crippen LogP contribution is 2.44. The maximum Gasteiger partial charge on any atom is 0.364 e. The van der Waals surface area contributed by atoms with Gasteiger partial charge < -0.3 is 309 Å². The third-order valence-corrected chi connectivity index (χ3v) is 27.6. The van der Waals surface area contributed by atoms with Crippen LogP contribution in [0.5, 0.6) is 0 Å². The second-order valence-corrected chi connectivity index (χ2v) is 38.1. The number of amides is 4. The van der Waals surface area contributed by atoms with E-state index in [1.807, 2.05) is 0 Å². The van der Waals surface area contributed by atoms with Gasteiger partial charge in [-0.1, -0.05) is 0 Å². The van der Waals surface area contributed by atoms with E-state index >= 15 is 0 Å². The Morgan fingerprint density at radius 1 is 0.287 bits per heavy atom. The summed E-state index contributed by atoms with van der Waals surface area (Å²) in [4.78, 5) is 65.4. The van der Waals surface area contributed by atoms with E-state index in [4.69, 9.17) is 109 Å². The van der Waals surface area contributed by atoms with Crippen LogP contribution in [0.2, 0.25) is 0 Å². The molecule has 0 radical (unpaired) electrons. The number of aliphatic hydroxyl groups is 34. The highest BCUT2D eigenvalue weighted by atomic mass is 16.8. The molecule has 61 atom stereocenters. The van der Waals surface area contributed by atoms with Crippen molar-refractivity contribution in [2.24, 2.45) is 0 Å². The summed E-state index contributed by atoms with van der Waals surface area (Å²) in [6.45, 7) is -8.41. The summed E-state index contributed by atoms with van der Waals surface area (Å²) in [5.74, 6) is -9.29. The van der Waals surface area contributed by atoms with Crippen molar-refractivity contribution in [1.29, 1.82) is 0 Å². The van der Waals surface area contributed by atoms with Gasteiger partial charge in [0, 0.05) is 34.1 Å². The first kappa shape index (κ1) is 124. The third kappa shape index (κ3) is 27.0. The van der Waals surface area contributed by atoms with Crippen molar-refractivity contribution in [2.75, 3.05) is 72.7 Å². The number of nitrogens with one attached hydrogen (secondary N) is 4. The number of carbonyl (C=O) groups is 5. The summed E-state index contributed by atoms with van der Waals surface area (Å²) < 4.78 is 136. The van der Waals surface area contributed by atoms with Gasteiger partial charge in [-0.05, 0) is 6.92 Å². The van der Waals surface area contributed by atoms with Crippen LogP contribution in [0.25, 0.3) is 0 Å². The average Bonchev–Trinajstić information content (AvgIpc) is 0.762. The number of aliphatic hydroxyl groups excluding tert-OH is 34. The van der Waals surface area contributed by atoms with Crippen LogP contribution in [-0.4, -0.2) is 655 Å². The van der Waals surface area contributed by atoms with Gasteiger partial charge in [-0.15, -0.1) is 0 Å². The van der Waals surface area contributed by atoms with E-state index in [-0.39, 0.29) is 0 Å². The van der Waals surface area contributed by atoms with Gasteiger partial charge in [-0.25, -0.2) is 4.79 Å². The van der Waals surface area contributed by atoms with Crippen molar-refractivity contribution in [2.45, 2.75) is 415 Å². The lowest BCUT2D eigenvalue weighted by molar-refractivity contribution is -0.399. The highest BCUT2D eigenvalue weighted by Gasteiger charge is 2.65. The maximum atomic E-state index is 13.4. The molecule has 4 amide bonds. The molecule has 12 heterocycles. The van der Waals surface area contributed by atoms with E-state index in [0.717, 1.165) is 27.7 Å². The molecule has 12 aliphatic rings. The minimum Gasteiger partial charge on any atom is -0.477 e. The first-order valence-corrected chi connectivity index (χ1v) is 47.7. The van der Waals surface area contributed by atoms with Crippen LogP contribution in [0.1, 0.15) is 41.0 Å². The zero-order valence-corrected chi connectivity index (χ0v) is 80.2. The van der Waals surface area contributed by atoms with Crippen LogP contribution < -0.4 is 21.3 Å². The summed E-state index contributed by atoms with van der Waals surface area (Å²) in [6, 6.07) is -8.17. The van der Waals surface area contributed by atoms with E-state index in [1.54, 1.807) is 0 Å². The molecular formula is C83H138N4O63. The van der Waals surface area contributed by atoms with Crippen LogP contribution >= 0.6 is 0 Å². The average molecular weight is 2200 g/mol. The first-order chi connectivity index (χ1) is 70.8. The molecule has 67 nitrogen and oxygen atoms in total. The standard InChI is InChI=1S/C83H138N4O63/c1-18-39(102)52(115)57(120)75(131-18)128-16-34-65(48(111)35(71(125)132-34)84-19(2)96)142-72-36(85-20(3)97)49(112)64(30(13-94)137-72)145-79-61(124)67(47(110)32(140-79)15-129-80-69(55(118)43(106)26(9-90)135-80)148-73-37(86-21(4)98)51(114)63(31(14-95)138-73)144-78-60(123)66(46(109)28(11-92)134-78)146-76-58(121)53(116)42(105)25(8-89)133-76)147-81-70(56(119)44(107)27(10-91)136-81)149-74-38(87-22(5)99)50(113)62(29(12-93)139-74)143-77-59(122)54(117)45(108)33(141-77)17-130-83(82(126)127)6-23(100)40(103)68(150-83)41(104)24(101)7-88/h18,23-81,88-95,100-125H,6-17H2,1-5H3,(H,84,96)(H,85,97)(H,86,98)(H,87,99)(H,126,127)/t18-,23-,24+,25+,26+,27+,28+,29+,30+,31+,32+,33+,34+,35+,36+,37+,38+,39+,40+,41+,42-,43+,44+,45-,46-,47+,48+,49+,50+,51+,52+,53-,54-,55-,56-,57-,58+,59+,60+,61-,62+,63+,64+,65+,66-,67-,68+,69-,70-,71+,72-,73-,74-,75+,76+,77-,78-,79-,80-,81+,83+/m0/s1. The van der Waals surface area contributed by atoms with Crippen LogP contribution in [0.3, 0.4) is 0 Å². The van der Waals surface area contributed by atoms with Crippen molar-refractivity contribution >= 4 is 29.6 Å².